The van der Waals surface area contributed by atoms with Crippen molar-refractivity contribution in [2.75, 3.05) is 11.9 Å². The maximum absolute atomic E-state index is 12.0. The van der Waals surface area contributed by atoms with Crippen LogP contribution in [0.3, 0.4) is 0 Å². The molecule has 3 heterocycles. The highest BCUT2D eigenvalue weighted by Gasteiger charge is 2.16. The molecule has 2 aromatic rings. The van der Waals surface area contributed by atoms with Gasteiger partial charge in [-0.25, -0.2) is 4.98 Å². The quantitative estimate of drug-likeness (QED) is 0.892. The first-order valence-electron chi connectivity index (χ1n) is 6.62. The molecule has 0 bridgehead atoms. The van der Waals surface area contributed by atoms with Gasteiger partial charge in [-0.3, -0.25) is 9.48 Å². The Morgan fingerprint density at radius 2 is 2.40 bits per heavy atom. The third-order valence-corrected chi connectivity index (χ3v) is 4.26. The molecule has 1 amide bonds. The second-order valence-electron chi connectivity index (χ2n) is 4.95. The average molecular weight is 291 g/mol. The number of amides is 1. The fourth-order valence-electron chi connectivity index (χ4n) is 2.31. The van der Waals surface area contributed by atoms with Crippen LogP contribution in [0.2, 0.25) is 0 Å². The Kier molecular flexibility index (Phi) is 3.54. The Bertz CT molecular complexity index is 622. The van der Waals surface area contributed by atoms with Crippen molar-refractivity contribution < 1.29 is 4.79 Å². The number of carbonyl (C=O) groups is 1. The van der Waals surface area contributed by atoms with Crippen LogP contribution in [0, 0.1) is 13.8 Å². The molecule has 0 saturated carbocycles. The molecule has 0 spiro atoms. The van der Waals surface area contributed by atoms with Crippen molar-refractivity contribution >= 4 is 22.4 Å². The van der Waals surface area contributed by atoms with Gasteiger partial charge in [-0.15, -0.1) is 11.3 Å². The number of carbonyl (C=O) groups excluding carboxylic acids is 1. The topological polar surface area (TPSA) is 71.8 Å². The van der Waals surface area contributed by atoms with Gasteiger partial charge in [-0.2, -0.15) is 5.10 Å². The number of aromatic nitrogens is 3. The minimum absolute atomic E-state index is 0.0877. The molecule has 0 aliphatic carbocycles. The fourth-order valence-corrected chi connectivity index (χ4v) is 3.30. The molecule has 7 heteroatoms. The molecule has 0 fully saturated rings. The van der Waals surface area contributed by atoms with Gasteiger partial charge in [0.2, 0.25) is 5.91 Å². The highest BCUT2D eigenvalue weighted by Crippen LogP contribution is 2.25. The first-order chi connectivity index (χ1) is 9.61. The number of hydrogen-bond acceptors (Lipinski definition) is 5. The molecule has 6 nitrogen and oxygen atoms in total. The lowest BCUT2D eigenvalue weighted by molar-refractivity contribution is -0.116. The van der Waals surface area contributed by atoms with Crippen LogP contribution < -0.4 is 10.6 Å². The fraction of sp³-hybridized carbons (Fsp3) is 0.462. The summed E-state index contributed by atoms with van der Waals surface area (Å²) < 4.78 is 1.71. The summed E-state index contributed by atoms with van der Waals surface area (Å²) in [4.78, 5) is 17.7. The third-order valence-electron chi connectivity index (χ3n) is 3.25. The van der Waals surface area contributed by atoms with Gasteiger partial charge in [0.1, 0.15) is 6.54 Å². The molecule has 20 heavy (non-hydrogen) atoms. The molecule has 1 aliphatic heterocycles. The zero-order valence-electron chi connectivity index (χ0n) is 11.6. The van der Waals surface area contributed by atoms with E-state index in [1.54, 1.807) is 16.0 Å². The summed E-state index contributed by atoms with van der Waals surface area (Å²) in [7, 11) is 0. The Labute approximate surface area is 121 Å². The molecule has 2 aromatic heterocycles. The van der Waals surface area contributed by atoms with Crippen LogP contribution in [0.15, 0.2) is 6.07 Å². The number of nitrogens with zero attached hydrogens (tertiary/aromatic N) is 3. The molecule has 0 aromatic carbocycles. The lowest BCUT2D eigenvalue weighted by Gasteiger charge is -2.09. The Morgan fingerprint density at radius 3 is 3.10 bits per heavy atom. The summed E-state index contributed by atoms with van der Waals surface area (Å²) in [5, 5.41) is 11.1. The molecule has 2 N–H and O–H groups in total. The molecule has 0 radical (unpaired) electrons. The van der Waals surface area contributed by atoms with E-state index < -0.39 is 0 Å². The molecule has 106 valence electrons. The first kappa shape index (κ1) is 13.3. The third kappa shape index (κ3) is 2.73. The van der Waals surface area contributed by atoms with E-state index in [4.69, 9.17) is 0 Å². The number of anilines is 1. The lowest BCUT2D eigenvalue weighted by atomic mass is 10.2. The van der Waals surface area contributed by atoms with Crippen LogP contribution in [-0.4, -0.2) is 27.2 Å². The normalized spacial score (nSPS) is 14.1. The van der Waals surface area contributed by atoms with Gasteiger partial charge in [-0.05, 0) is 19.9 Å². The minimum atomic E-state index is -0.0877. The Morgan fingerprint density at radius 1 is 1.55 bits per heavy atom. The van der Waals surface area contributed by atoms with Crippen LogP contribution in [0.5, 0.6) is 0 Å². The summed E-state index contributed by atoms with van der Waals surface area (Å²) in [6.45, 7) is 5.89. The maximum Gasteiger partial charge on any atom is 0.247 e. The zero-order chi connectivity index (χ0) is 14.1. The molecule has 1 aliphatic rings. The average Bonchev–Trinajstić information content (AvgIpc) is 2.92. The predicted molar refractivity (Wildman–Crippen MR) is 77.9 cm³/mol. The van der Waals surface area contributed by atoms with E-state index in [1.165, 1.54) is 4.88 Å². The summed E-state index contributed by atoms with van der Waals surface area (Å²) in [5.74, 6) is -0.0877. The van der Waals surface area contributed by atoms with Crippen molar-refractivity contribution in [1.29, 1.82) is 0 Å². The second-order valence-corrected chi connectivity index (χ2v) is 6.03. The smallest absolute Gasteiger partial charge is 0.247 e. The van der Waals surface area contributed by atoms with Crippen molar-refractivity contribution in [1.82, 2.24) is 20.1 Å². The van der Waals surface area contributed by atoms with E-state index in [9.17, 15) is 4.79 Å². The first-order valence-corrected chi connectivity index (χ1v) is 7.43. The largest absolute Gasteiger partial charge is 0.311 e. The molecular weight excluding hydrogens is 274 g/mol. The Hall–Kier alpha value is -1.73. The van der Waals surface area contributed by atoms with Gasteiger partial charge >= 0.3 is 0 Å². The van der Waals surface area contributed by atoms with E-state index in [-0.39, 0.29) is 12.5 Å². The number of hydrogen-bond donors (Lipinski definition) is 2. The summed E-state index contributed by atoms with van der Waals surface area (Å²) >= 11 is 1.55. The minimum Gasteiger partial charge on any atom is -0.311 e. The second kappa shape index (κ2) is 5.34. The van der Waals surface area contributed by atoms with Crippen LogP contribution >= 0.6 is 11.3 Å². The number of fused-ring (bicyclic) bond motifs is 1. The maximum atomic E-state index is 12.0. The molecule has 0 unspecified atom stereocenters. The van der Waals surface area contributed by atoms with Crippen molar-refractivity contribution in [2.45, 2.75) is 33.4 Å². The van der Waals surface area contributed by atoms with E-state index in [0.29, 0.717) is 5.13 Å². The number of aryl methyl sites for hydroxylation is 2. The summed E-state index contributed by atoms with van der Waals surface area (Å²) in [6, 6.07) is 1.96. The van der Waals surface area contributed by atoms with E-state index in [2.05, 4.69) is 20.7 Å². The number of thiazole rings is 1. The van der Waals surface area contributed by atoms with Crippen molar-refractivity contribution in [2.24, 2.45) is 0 Å². The number of nitrogens with one attached hydrogen (secondary N) is 2. The van der Waals surface area contributed by atoms with Crippen molar-refractivity contribution in [3.8, 4) is 0 Å². The summed E-state index contributed by atoms with van der Waals surface area (Å²) in [6.07, 6.45) is 0.930. The van der Waals surface area contributed by atoms with Crippen LogP contribution in [0.4, 0.5) is 5.13 Å². The van der Waals surface area contributed by atoms with Gasteiger partial charge in [0, 0.05) is 30.1 Å². The van der Waals surface area contributed by atoms with Gasteiger partial charge in [0.05, 0.1) is 11.4 Å². The SMILES string of the molecule is Cc1cc(C)n(CC(=O)Nc2nc3c(s2)CNCC3)n1. The lowest BCUT2D eigenvalue weighted by Crippen LogP contribution is -2.22. The highest BCUT2D eigenvalue weighted by molar-refractivity contribution is 7.15. The van der Waals surface area contributed by atoms with E-state index in [1.807, 2.05) is 19.9 Å². The zero-order valence-corrected chi connectivity index (χ0v) is 12.4. The molecular formula is C13H17N5OS. The van der Waals surface area contributed by atoms with Gasteiger partial charge in [0.15, 0.2) is 5.13 Å². The molecule has 0 atom stereocenters. The standard InChI is InChI=1S/C13H17N5OS/c1-8-5-9(2)18(17-8)7-12(19)16-13-15-10-3-4-14-6-11(10)20-13/h5,14H,3-4,6-7H2,1-2H3,(H,15,16,19). The Balaban J connectivity index is 1.67. The van der Waals surface area contributed by atoms with Gasteiger partial charge in [-0.1, -0.05) is 0 Å². The van der Waals surface area contributed by atoms with Crippen LogP contribution in [-0.2, 0) is 24.3 Å². The molecule has 3 rings (SSSR count). The van der Waals surface area contributed by atoms with Crippen LogP contribution in [0.25, 0.3) is 0 Å². The summed E-state index contributed by atoms with van der Waals surface area (Å²) in [5.41, 5.74) is 3.02. The van der Waals surface area contributed by atoms with Crippen molar-refractivity contribution in [3.63, 3.8) is 0 Å². The van der Waals surface area contributed by atoms with Crippen LogP contribution in [0.1, 0.15) is 22.0 Å². The predicted octanol–water partition coefficient (Wildman–Crippen LogP) is 1.24. The van der Waals surface area contributed by atoms with Gasteiger partial charge in [0.25, 0.3) is 0 Å². The monoisotopic (exact) mass is 291 g/mol. The highest BCUT2D eigenvalue weighted by atomic mass is 32.1. The molecule has 0 saturated heterocycles. The van der Waals surface area contributed by atoms with Crippen molar-refractivity contribution in [3.05, 3.63) is 28.0 Å². The van der Waals surface area contributed by atoms with E-state index in [0.717, 1.165) is 36.6 Å². The number of rotatable bonds is 3. The van der Waals surface area contributed by atoms with Gasteiger partial charge < -0.3 is 10.6 Å². The van der Waals surface area contributed by atoms with E-state index >= 15 is 0 Å².